The molecule has 1 aliphatic rings. The zero-order valence-corrected chi connectivity index (χ0v) is 10.3. The normalized spacial score (nSPS) is 12.3. The van der Waals surface area contributed by atoms with Crippen molar-refractivity contribution in [2.45, 2.75) is 6.61 Å². The number of fused-ring (bicyclic) bond motifs is 1. The maximum atomic E-state index is 13.5. The van der Waals surface area contributed by atoms with Crippen LogP contribution in [0.25, 0.3) is 0 Å². The lowest BCUT2D eigenvalue weighted by molar-refractivity contribution is 0.174. The maximum absolute atomic E-state index is 13.5. The molecule has 3 N–H and O–H groups in total. The SMILES string of the molecule is NNc1ncc(F)c(OCc2ccc3c(c2)OCO3)n1. The van der Waals surface area contributed by atoms with Gasteiger partial charge in [-0.15, -0.1) is 0 Å². The molecule has 0 amide bonds. The molecule has 3 rings (SSSR count). The Morgan fingerprint density at radius 2 is 2.20 bits per heavy atom. The minimum Gasteiger partial charge on any atom is -0.471 e. The molecule has 1 aromatic carbocycles. The van der Waals surface area contributed by atoms with Crippen LogP contribution in [0.2, 0.25) is 0 Å². The van der Waals surface area contributed by atoms with Gasteiger partial charge in [-0.1, -0.05) is 6.07 Å². The fourth-order valence-electron chi connectivity index (χ4n) is 1.70. The van der Waals surface area contributed by atoms with Crippen molar-refractivity contribution in [2.75, 3.05) is 12.2 Å². The summed E-state index contributed by atoms with van der Waals surface area (Å²) >= 11 is 0. The van der Waals surface area contributed by atoms with Gasteiger partial charge in [0.25, 0.3) is 5.88 Å². The van der Waals surface area contributed by atoms with Gasteiger partial charge in [0.1, 0.15) is 6.61 Å². The minimum absolute atomic E-state index is 0.0760. The Balaban J connectivity index is 1.73. The summed E-state index contributed by atoms with van der Waals surface area (Å²) in [5, 5.41) is 0. The third-order valence-electron chi connectivity index (χ3n) is 2.65. The Hall–Kier alpha value is -2.61. The lowest BCUT2D eigenvalue weighted by Gasteiger charge is -2.07. The van der Waals surface area contributed by atoms with Gasteiger partial charge in [0.05, 0.1) is 6.20 Å². The summed E-state index contributed by atoms with van der Waals surface area (Å²) in [4.78, 5) is 7.40. The third-order valence-corrected chi connectivity index (χ3v) is 2.65. The molecular weight excluding hydrogens is 267 g/mol. The predicted molar refractivity (Wildman–Crippen MR) is 66.7 cm³/mol. The highest BCUT2D eigenvalue weighted by Gasteiger charge is 2.14. The highest BCUT2D eigenvalue weighted by atomic mass is 19.1. The summed E-state index contributed by atoms with van der Waals surface area (Å²) in [7, 11) is 0. The van der Waals surface area contributed by atoms with Crippen LogP contribution in [-0.4, -0.2) is 16.8 Å². The number of benzene rings is 1. The van der Waals surface area contributed by atoms with Crippen LogP contribution in [0.3, 0.4) is 0 Å². The van der Waals surface area contributed by atoms with E-state index in [1.165, 1.54) is 0 Å². The molecule has 0 fully saturated rings. The van der Waals surface area contributed by atoms with Gasteiger partial charge in [-0.25, -0.2) is 10.8 Å². The molecule has 7 nitrogen and oxygen atoms in total. The maximum Gasteiger partial charge on any atom is 0.255 e. The highest BCUT2D eigenvalue weighted by Crippen LogP contribution is 2.32. The Labute approximate surface area is 113 Å². The lowest BCUT2D eigenvalue weighted by Crippen LogP contribution is -2.11. The molecule has 0 unspecified atom stereocenters. The monoisotopic (exact) mass is 278 g/mol. The molecule has 2 heterocycles. The Bertz CT molecular complexity index is 638. The van der Waals surface area contributed by atoms with Gasteiger partial charge in [-0.05, 0) is 17.7 Å². The van der Waals surface area contributed by atoms with Crippen LogP contribution in [0.5, 0.6) is 17.4 Å². The van der Waals surface area contributed by atoms with Crippen molar-refractivity contribution in [3.05, 3.63) is 35.8 Å². The first-order valence-electron chi connectivity index (χ1n) is 5.77. The molecule has 0 bridgehead atoms. The van der Waals surface area contributed by atoms with Crippen molar-refractivity contribution in [1.29, 1.82) is 0 Å². The predicted octanol–water partition coefficient (Wildman–Crippen LogP) is 1.21. The summed E-state index contributed by atoms with van der Waals surface area (Å²) in [5.74, 6) is 5.71. The van der Waals surface area contributed by atoms with E-state index in [2.05, 4.69) is 15.4 Å². The first-order valence-corrected chi connectivity index (χ1v) is 5.77. The summed E-state index contributed by atoms with van der Waals surface area (Å²) in [6.45, 7) is 0.334. The van der Waals surface area contributed by atoms with Crippen molar-refractivity contribution in [2.24, 2.45) is 5.84 Å². The van der Waals surface area contributed by atoms with Crippen LogP contribution in [0.1, 0.15) is 5.56 Å². The van der Waals surface area contributed by atoms with Gasteiger partial charge < -0.3 is 14.2 Å². The molecule has 8 heteroatoms. The van der Waals surface area contributed by atoms with Crippen LogP contribution in [0, 0.1) is 5.82 Å². The summed E-state index contributed by atoms with van der Waals surface area (Å²) < 4.78 is 29.2. The van der Waals surface area contributed by atoms with E-state index >= 15 is 0 Å². The van der Waals surface area contributed by atoms with E-state index in [1.807, 2.05) is 0 Å². The molecular formula is C12H11FN4O3. The molecule has 20 heavy (non-hydrogen) atoms. The van der Waals surface area contributed by atoms with Crippen LogP contribution >= 0.6 is 0 Å². The number of nitrogens with zero attached hydrogens (tertiary/aromatic N) is 2. The van der Waals surface area contributed by atoms with Gasteiger partial charge >= 0.3 is 0 Å². The van der Waals surface area contributed by atoms with Gasteiger partial charge in [-0.2, -0.15) is 9.37 Å². The summed E-state index contributed by atoms with van der Waals surface area (Å²) in [6, 6.07) is 5.34. The Morgan fingerprint density at radius 3 is 3.05 bits per heavy atom. The average molecular weight is 278 g/mol. The van der Waals surface area contributed by atoms with Crippen molar-refractivity contribution >= 4 is 5.95 Å². The first-order chi connectivity index (χ1) is 9.76. The molecule has 0 spiro atoms. The third kappa shape index (κ3) is 2.41. The van der Waals surface area contributed by atoms with E-state index < -0.39 is 5.82 Å². The van der Waals surface area contributed by atoms with Crippen LogP contribution < -0.4 is 25.5 Å². The number of nitrogens with one attached hydrogen (secondary N) is 1. The van der Waals surface area contributed by atoms with E-state index in [4.69, 9.17) is 20.1 Å². The molecule has 104 valence electrons. The fraction of sp³-hybridized carbons (Fsp3) is 0.167. The average Bonchev–Trinajstić information content (AvgIpc) is 2.94. The number of hydrazine groups is 1. The van der Waals surface area contributed by atoms with Gasteiger partial charge in [0.2, 0.25) is 18.6 Å². The molecule has 2 aromatic rings. The van der Waals surface area contributed by atoms with Crippen molar-refractivity contribution in [3.63, 3.8) is 0 Å². The van der Waals surface area contributed by atoms with Crippen LogP contribution in [-0.2, 0) is 6.61 Å². The molecule has 0 saturated heterocycles. The number of ether oxygens (including phenoxy) is 3. The van der Waals surface area contributed by atoms with Crippen molar-refractivity contribution < 1.29 is 18.6 Å². The standard InChI is InChI=1S/C12H11FN4O3/c13-8-4-15-12(17-14)16-11(8)18-5-7-1-2-9-10(3-7)20-6-19-9/h1-4H,5-6,14H2,(H,15,16,17). The molecule has 0 atom stereocenters. The zero-order valence-electron chi connectivity index (χ0n) is 10.3. The molecule has 1 aromatic heterocycles. The van der Waals surface area contributed by atoms with Crippen molar-refractivity contribution in [3.8, 4) is 17.4 Å². The molecule has 0 saturated carbocycles. The van der Waals surface area contributed by atoms with Crippen LogP contribution in [0.4, 0.5) is 10.3 Å². The van der Waals surface area contributed by atoms with Crippen molar-refractivity contribution in [1.82, 2.24) is 9.97 Å². The van der Waals surface area contributed by atoms with E-state index in [0.717, 1.165) is 11.8 Å². The largest absolute Gasteiger partial charge is 0.471 e. The van der Waals surface area contributed by atoms with E-state index in [0.29, 0.717) is 11.5 Å². The van der Waals surface area contributed by atoms with Gasteiger partial charge in [-0.3, -0.25) is 5.43 Å². The number of hydrogen-bond acceptors (Lipinski definition) is 7. The lowest BCUT2D eigenvalue weighted by atomic mass is 10.2. The minimum atomic E-state index is -0.662. The van der Waals surface area contributed by atoms with E-state index in [9.17, 15) is 4.39 Å². The number of halogens is 1. The molecule has 0 aliphatic carbocycles. The topological polar surface area (TPSA) is 91.5 Å². The number of anilines is 1. The first kappa shape index (κ1) is 12.4. The number of aromatic nitrogens is 2. The van der Waals surface area contributed by atoms with Gasteiger partial charge in [0.15, 0.2) is 11.5 Å². The zero-order chi connectivity index (χ0) is 13.9. The summed E-state index contributed by atoms with van der Waals surface area (Å²) in [5.41, 5.74) is 3.02. The number of nitrogens with two attached hydrogens (primary N) is 1. The number of rotatable bonds is 4. The number of hydrogen-bond donors (Lipinski definition) is 2. The second-order valence-corrected chi connectivity index (χ2v) is 3.97. The second kappa shape index (κ2) is 5.17. The van der Waals surface area contributed by atoms with E-state index in [1.54, 1.807) is 18.2 Å². The highest BCUT2D eigenvalue weighted by molar-refractivity contribution is 5.44. The van der Waals surface area contributed by atoms with Gasteiger partial charge in [0, 0.05) is 0 Å². The second-order valence-electron chi connectivity index (χ2n) is 3.97. The fourth-order valence-corrected chi connectivity index (χ4v) is 1.70. The molecule has 1 aliphatic heterocycles. The molecule has 0 radical (unpaired) electrons. The Morgan fingerprint density at radius 1 is 1.35 bits per heavy atom. The van der Waals surface area contributed by atoms with E-state index in [-0.39, 0.29) is 25.2 Å². The quantitative estimate of drug-likeness (QED) is 0.641. The van der Waals surface area contributed by atoms with Crippen LogP contribution in [0.15, 0.2) is 24.4 Å². The summed E-state index contributed by atoms with van der Waals surface area (Å²) in [6.07, 6.45) is 0.983. The Kier molecular flexibility index (Phi) is 3.21. The smallest absolute Gasteiger partial charge is 0.255 e. The number of nitrogen functional groups attached to an aromatic ring is 1.